The van der Waals surface area contributed by atoms with E-state index in [4.69, 9.17) is 0 Å². The van der Waals surface area contributed by atoms with Crippen LogP contribution in [0.1, 0.15) is 37.3 Å². The number of hydrogen-bond donors (Lipinski definition) is 1. The van der Waals surface area contributed by atoms with Crippen molar-refractivity contribution < 1.29 is 13.2 Å². The average molecular weight is 376 g/mol. The minimum absolute atomic E-state index is 0.511. The molecule has 27 heavy (non-hydrogen) atoms. The first-order chi connectivity index (χ1) is 12.9. The maximum absolute atomic E-state index is 12.9. The van der Waals surface area contributed by atoms with Crippen LogP contribution in [0, 0.1) is 0 Å². The van der Waals surface area contributed by atoms with E-state index in [9.17, 15) is 13.2 Å². The van der Waals surface area contributed by atoms with Gasteiger partial charge in [0, 0.05) is 25.0 Å². The highest BCUT2D eigenvalue weighted by Crippen LogP contribution is 2.41. The molecule has 3 rings (SSSR count). The van der Waals surface area contributed by atoms with Crippen molar-refractivity contribution in [2.75, 3.05) is 26.2 Å². The molecule has 0 saturated heterocycles. The fraction of sp³-hybridized carbons (Fsp3) is 0.455. The lowest BCUT2D eigenvalue weighted by atomic mass is 10.0. The highest BCUT2D eigenvalue weighted by molar-refractivity contribution is 5.65. The third-order valence-electron chi connectivity index (χ3n) is 5.38. The Balaban J connectivity index is 1.57. The van der Waals surface area contributed by atoms with Gasteiger partial charge in [-0.1, -0.05) is 50.2 Å². The fourth-order valence-corrected chi connectivity index (χ4v) is 3.53. The molecule has 2 atom stereocenters. The molecule has 0 radical (unpaired) electrons. The molecular weight excluding hydrogens is 349 g/mol. The van der Waals surface area contributed by atoms with Gasteiger partial charge >= 0.3 is 6.18 Å². The van der Waals surface area contributed by atoms with Crippen molar-refractivity contribution in [3.8, 4) is 11.1 Å². The first-order valence-corrected chi connectivity index (χ1v) is 9.65. The van der Waals surface area contributed by atoms with Gasteiger partial charge in [0.15, 0.2) is 0 Å². The Bertz CT molecular complexity index is 736. The van der Waals surface area contributed by atoms with E-state index < -0.39 is 11.7 Å². The predicted molar refractivity (Wildman–Crippen MR) is 104 cm³/mol. The van der Waals surface area contributed by atoms with Gasteiger partial charge in [-0.2, -0.15) is 13.2 Å². The zero-order chi connectivity index (χ0) is 19.4. The van der Waals surface area contributed by atoms with Crippen LogP contribution in [-0.2, 0) is 6.18 Å². The smallest absolute Gasteiger partial charge is 0.312 e. The zero-order valence-corrected chi connectivity index (χ0v) is 15.9. The van der Waals surface area contributed by atoms with Crippen LogP contribution in [-0.4, -0.2) is 37.1 Å². The van der Waals surface area contributed by atoms with Crippen molar-refractivity contribution >= 4 is 0 Å². The van der Waals surface area contributed by atoms with Gasteiger partial charge < -0.3 is 10.2 Å². The number of hydrogen-bond acceptors (Lipinski definition) is 2. The quantitative estimate of drug-likeness (QED) is 0.685. The van der Waals surface area contributed by atoms with Gasteiger partial charge in [-0.15, -0.1) is 0 Å². The molecule has 1 fully saturated rings. The van der Waals surface area contributed by atoms with Crippen LogP contribution in [0.3, 0.4) is 0 Å². The van der Waals surface area contributed by atoms with E-state index in [1.807, 2.05) is 24.3 Å². The first kappa shape index (κ1) is 19.9. The third kappa shape index (κ3) is 5.11. The van der Waals surface area contributed by atoms with Crippen molar-refractivity contribution in [3.05, 3.63) is 59.7 Å². The molecule has 2 aromatic carbocycles. The van der Waals surface area contributed by atoms with Gasteiger partial charge in [-0.3, -0.25) is 0 Å². The van der Waals surface area contributed by atoms with Crippen molar-refractivity contribution in [1.82, 2.24) is 10.2 Å². The van der Waals surface area contributed by atoms with E-state index in [1.165, 1.54) is 17.7 Å². The lowest BCUT2D eigenvalue weighted by molar-refractivity contribution is -0.137. The summed E-state index contributed by atoms with van der Waals surface area (Å²) >= 11 is 0. The van der Waals surface area contributed by atoms with Gasteiger partial charge in [-0.25, -0.2) is 0 Å². The molecule has 0 amide bonds. The minimum Gasteiger partial charge on any atom is -0.312 e. The lowest BCUT2D eigenvalue weighted by Crippen LogP contribution is -2.33. The summed E-state index contributed by atoms with van der Waals surface area (Å²) in [7, 11) is 0. The molecular formula is C22H27F3N2. The number of benzene rings is 2. The Kier molecular flexibility index (Phi) is 6.22. The van der Waals surface area contributed by atoms with Crippen LogP contribution >= 0.6 is 0 Å². The molecule has 146 valence electrons. The molecule has 1 aliphatic rings. The summed E-state index contributed by atoms with van der Waals surface area (Å²) in [4.78, 5) is 2.40. The molecule has 0 aliphatic heterocycles. The minimum atomic E-state index is -4.31. The molecule has 0 aromatic heterocycles. The summed E-state index contributed by atoms with van der Waals surface area (Å²) in [6.07, 6.45) is -3.19. The number of alkyl halides is 3. The van der Waals surface area contributed by atoms with Crippen LogP contribution in [0.15, 0.2) is 48.5 Å². The molecule has 5 heteroatoms. The van der Waals surface area contributed by atoms with Crippen LogP contribution < -0.4 is 5.32 Å². The summed E-state index contributed by atoms with van der Waals surface area (Å²) in [5, 5.41) is 3.61. The van der Waals surface area contributed by atoms with Crippen LogP contribution in [0.5, 0.6) is 0 Å². The van der Waals surface area contributed by atoms with Crippen molar-refractivity contribution in [2.24, 2.45) is 0 Å². The fourth-order valence-electron chi connectivity index (χ4n) is 3.53. The summed E-state index contributed by atoms with van der Waals surface area (Å²) in [5.74, 6) is 0.511. The molecule has 2 nitrogen and oxygen atoms in total. The number of nitrogens with one attached hydrogen (secondary N) is 1. The Morgan fingerprint density at radius 2 is 1.70 bits per heavy atom. The van der Waals surface area contributed by atoms with E-state index in [0.717, 1.165) is 44.2 Å². The van der Waals surface area contributed by atoms with Crippen molar-refractivity contribution in [1.29, 1.82) is 0 Å². The second-order valence-corrected chi connectivity index (χ2v) is 7.13. The number of rotatable bonds is 8. The summed E-state index contributed by atoms with van der Waals surface area (Å²) in [5.41, 5.74) is 2.06. The Morgan fingerprint density at radius 3 is 2.33 bits per heavy atom. The summed E-state index contributed by atoms with van der Waals surface area (Å²) in [6.45, 7) is 8.55. The van der Waals surface area contributed by atoms with Gasteiger partial charge in [0.2, 0.25) is 0 Å². The summed E-state index contributed by atoms with van der Waals surface area (Å²) < 4.78 is 38.7. The van der Waals surface area contributed by atoms with Gasteiger partial charge in [-0.05, 0) is 48.3 Å². The maximum atomic E-state index is 12.9. The van der Waals surface area contributed by atoms with E-state index in [-0.39, 0.29) is 0 Å². The average Bonchev–Trinajstić information content (AvgIpc) is 3.44. The first-order valence-electron chi connectivity index (χ1n) is 9.65. The lowest BCUT2D eigenvalue weighted by Gasteiger charge is -2.18. The number of halogens is 3. The van der Waals surface area contributed by atoms with Crippen LogP contribution in [0.4, 0.5) is 13.2 Å². The summed E-state index contributed by atoms with van der Waals surface area (Å²) in [6, 6.07) is 14.0. The normalized spacial score (nSPS) is 19.5. The molecule has 2 unspecified atom stereocenters. The molecule has 1 aliphatic carbocycles. The largest absolute Gasteiger partial charge is 0.416 e. The monoisotopic (exact) mass is 376 g/mol. The van der Waals surface area contributed by atoms with E-state index in [2.05, 4.69) is 24.1 Å². The molecule has 0 heterocycles. The highest BCUT2D eigenvalue weighted by Gasteiger charge is 2.37. The van der Waals surface area contributed by atoms with E-state index in [0.29, 0.717) is 17.5 Å². The zero-order valence-electron chi connectivity index (χ0n) is 15.9. The molecule has 2 aromatic rings. The number of likely N-dealkylation sites (N-methyl/N-ethyl adjacent to an activating group) is 1. The SMILES string of the molecule is CCN(CC)CCNC1CC1c1ccc(-c2cccc(C(F)(F)F)c2)cc1. The maximum Gasteiger partial charge on any atom is 0.416 e. The topological polar surface area (TPSA) is 15.3 Å². The van der Waals surface area contributed by atoms with Crippen molar-refractivity contribution in [2.45, 2.75) is 38.4 Å². The van der Waals surface area contributed by atoms with Crippen LogP contribution in [0.25, 0.3) is 11.1 Å². The predicted octanol–water partition coefficient (Wildman–Crippen LogP) is 5.16. The third-order valence-corrected chi connectivity index (χ3v) is 5.38. The van der Waals surface area contributed by atoms with E-state index in [1.54, 1.807) is 6.07 Å². The number of nitrogens with zero attached hydrogens (tertiary/aromatic N) is 1. The van der Waals surface area contributed by atoms with Crippen molar-refractivity contribution in [3.63, 3.8) is 0 Å². The van der Waals surface area contributed by atoms with Gasteiger partial charge in [0.1, 0.15) is 0 Å². The Labute approximate surface area is 159 Å². The van der Waals surface area contributed by atoms with Gasteiger partial charge in [0.05, 0.1) is 5.56 Å². The van der Waals surface area contributed by atoms with E-state index >= 15 is 0 Å². The Morgan fingerprint density at radius 1 is 1.00 bits per heavy atom. The van der Waals surface area contributed by atoms with Gasteiger partial charge in [0.25, 0.3) is 0 Å². The molecule has 0 bridgehead atoms. The second kappa shape index (κ2) is 8.44. The second-order valence-electron chi connectivity index (χ2n) is 7.13. The standard InChI is InChI=1S/C22H27F3N2/c1-3-27(4-2)13-12-26-21-15-20(21)17-10-8-16(9-11-17)18-6-5-7-19(14-18)22(23,24)25/h5-11,14,20-21,26H,3-4,12-13,15H2,1-2H3. The highest BCUT2D eigenvalue weighted by atomic mass is 19.4. The molecule has 0 spiro atoms. The van der Waals surface area contributed by atoms with Crippen LogP contribution in [0.2, 0.25) is 0 Å². The molecule has 1 N–H and O–H groups in total. The molecule has 1 saturated carbocycles. The Hall–Kier alpha value is -1.85.